The number of alkyl halides is 2. The van der Waals surface area contributed by atoms with Gasteiger partial charge in [-0.25, -0.2) is 8.78 Å². The predicted molar refractivity (Wildman–Crippen MR) is 78.8 cm³/mol. The van der Waals surface area contributed by atoms with Gasteiger partial charge in [-0.3, -0.25) is 9.36 Å². The number of hydrogen-bond donors (Lipinski definition) is 0. The highest BCUT2D eigenvalue weighted by Crippen LogP contribution is 2.15. The van der Waals surface area contributed by atoms with E-state index in [0.29, 0.717) is 0 Å². The van der Waals surface area contributed by atoms with Crippen LogP contribution >= 0.6 is 0 Å². The van der Waals surface area contributed by atoms with Gasteiger partial charge >= 0.3 is 0 Å². The Hall–Kier alpha value is -1.72. The van der Waals surface area contributed by atoms with Gasteiger partial charge in [0.05, 0.1) is 0 Å². The third-order valence-electron chi connectivity index (χ3n) is 2.15. The van der Waals surface area contributed by atoms with Gasteiger partial charge in [0.2, 0.25) is 0 Å². The first kappa shape index (κ1) is 20.6. The highest BCUT2D eigenvalue weighted by atomic mass is 19.3. The van der Waals surface area contributed by atoms with E-state index in [9.17, 15) is 8.78 Å². The lowest BCUT2D eigenvalue weighted by molar-refractivity contribution is 0.141. The van der Waals surface area contributed by atoms with Crippen LogP contribution in [0.5, 0.6) is 0 Å². The lowest BCUT2D eigenvalue weighted by Crippen LogP contribution is -1.97. The van der Waals surface area contributed by atoms with Crippen LogP contribution in [0.3, 0.4) is 0 Å². The van der Waals surface area contributed by atoms with Gasteiger partial charge in [0, 0.05) is 32.2 Å². The van der Waals surface area contributed by atoms with Crippen molar-refractivity contribution in [3.8, 4) is 0 Å². The first-order chi connectivity index (χ1) is 9.52. The van der Waals surface area contributed by atoms with Crippen molar-refractivity contribution in [3.63, 3.8) is 0 Å². The normalized spacial score (nSPS) is 8.70. The van der Waals surface area contributed by atoms with Gasteiger partial charge in [-0.1, -0.05) is 27.7 Å². The van der Waals surface area contributed by atoms with E-state index < -0.39 is 6.43 Å². The summed E-state index contributed by atoms with van der Waals surface area (Å²) in [4.78, 5) is 0. The van der Waals surface area contributed by atoms with Crippen LogP contribution in [0.25, 0.3) is 0 Å². The van der Waals surface area contributed by atoms with Crippen LogP contribution in [-0.2, 0) is 14.1 Å². The molecule has 0 spiro atoms. The molecule has 0 aliphatic heterocycles. The largest absolute Gasteiger partial charge is 0.280 e. The van der Waals surface area contributed by atoms with Gasteiger partial charge in [-0.15, -0.1) is 0 Å². The molecule has 2 heterocycles. The molecule has 0 bridgehead atoms. The minimum atomic E-state index is -2.42. The second-order valence-electron chi connectivity index (χ2n) is 3.28. The zero-order chi connectivity index (χ0) is 16.1. The Labute approximate surface area is 120 Å². The summed E-state index contributed by atoms with van der Waals surface area (Å²) in [6.45, 7) is 10.0. The number of halogens is 2. The molecule has 0 unspecified atom stereocenters. The van der Waals surface area contributed by atoms with E-state index >= 15 is 0 Å². The molecule has 0 amide bonds. The van der Waals surface area contributed by atoms with E-state index in [4.69, 9.17) is 0 Å². The smallest absolute Gasteiger partial charge is 0.273 e. The Kier molecular flexibility index (Phi) is 12.7. The summed E-state index contributed by atoms with van der Waals surface area (Å²) >= 11 is 0. The van der Waals surface area contributed by atoms with Crippen LogP contribution in [-0.4, -0.2) is 19.6 Å². The minimum Gasteiger partial charge on any atom is -0.273 e. The molecule has 0 atom stereocenters. The second kappa shape index (κ2) is 12.3. The van der Waals surface area contributed by atoms with Crippen molar-refractivity contribution in [2.45, 2.75) is 41.0 Å². The fraction of sp³-hybridized carbons (Fsp3) is 0.571. The third-order valence-corrected chi connectivity index (χ3v) is 2.15. The maximum atomic E-state index is 11.8. The average Bonchev–Trinajstić information content (AvgIpc) is 3.05. The summed E-state index contributed by atoms with van der Waals surface area (Å²) in [7, 11) is 3.41. The monoisotopic (exact) mass is 288 g/mol. The molecule has 0 saturated heterocycles. The molecule has 2 aromatic heterocycles. The maximum absolute atomic E-state index is 11.8. The molecule has 4 nitrogen and oxygen atoms in total. The number of hydrogen-bond acceptors (Lipinski definition) is 2. The van der Waals surface area contributed by atoms with Crippen molar-refractivity contribution in [2.24, 2.45) is 14.1 Å². The Morgan fingerprint density at radius 2 is 1.35 bits per heavy atom. The topological polar surface area (TPSA) is 35.6 Å². The maximum Gasteiger partial charge on any atom is 0.280 e. The standard InChI is InChI=1S/C5H6F2N2.C5H8N2.2C2H6/c1-9-4(5(6)7)2-3-8-9;1-5-3-4-6-7(5)2;2*1-2/h2-3,5H,1H3;3-4H,1-2H3;2*1-2H3. The minimum absolute atomic E-state index is 0.0463. The van der Waals surface area contributed by atoms with Crippen molar-refractivity contribution >= 4 is 0 Å². The quantitative estimate of drug-likeness (QED) is 0.790. The highest BCUT2D eigenvalue weighted by molar-refractivity contribution is 5.00. The molecule has 0 fully saturated rings. The molecule has 0 radical (unpaired) electrons. The number of rotatable bonds is 1. The van der Waals surface area contributed by atoms with Crippen LogP contribution in [0.1, 0.15) is 45.5 Å². The molecule has 0 saturated carbocycles. The second-order valence-corrected chi connectivity index (χ2v) is 3.28. The van der Waals surface area contributed by atoms with Crippen LogP contribution in [0.15, 0.2) is 24.5 Å². The summed E-state index contributed by atoms with van der Waals surface area (Å²) in [6.07, 6.45) is 0.717. The molecule has 2 rings (SSSR count). The molecule has 0 aliphatic carbocycles. The molecular formula is C14H26F2N4. The third kappa shape index (κ3) is 7.66. The Morgan fingerprint density at radius 1 is 0.900 bits per heavy atom. The Balaban J connectivity index is 0. The summed E-state index contributed by atoms with van der Waals surface area (Å²) < 4.78 is 26.6. The molecule has 116 valence electrons. The van der Waals surface area contributed by atoms with Gasteiger partial charge in [0.15, 0.2) is 0 Å². The van der Waals surface area contributed by atoms with Gasteiger partial charge < -0.3 is 0 Å². The zero-order valence-corrected chi connectivity index (χ0v) is 13.4. The molecule has 6 heteroatoms. The SMILES string of the molecule is CC.CC.Cc1ccnn1C.Cn1nccc1C(F)F. The molecule has 0 aliphatic rings. The first-order valence-corrected chi connectivity index (χ1v) is 6.73. The molecule has 0 N–H and O–H groups in total. The fourth-order valence-electron chi connectivity index (χ4n) is 1.04. The number of nitrogens with zero attached hydrogens (tertiary/aromatic N) is 4. The van der Waals surface area contributed by atoms with Crippen molar-refractivity contribution in [1.82, 2.24) is 19.6 Å². The Bertz CT molecular complexity index is 419. The van der Waals surface area contributed by atoms with Crippen LogP contribution in [0.4, 0.5) is 8.78 Å². The van der Waals surface area contributed by atoms with Crippen LogP contribution in [0.2, 0.25) is 0 Å². The highest BCUT2D eigenvalue weighted by Gasteiger charge is 2.09. The van der Waals surface area contributed by atoms with E-state index in [0.717, 1.165) is 4.68 Å². The zero-order valence-electron chi connectivity index (χ0n) is 13.4. The van der Waals surface area contributed by atoms with Gasteiger partial charge in [0.25, 0.3) is 6.43 Å². The van der Waals surface area contributed by atoms with Crippen molar-refractivity contribution < 1.29 is 8.78 Å². The van der Waals surface area contributed by atoms with Crippen LogP contribution in [0, 0.1) is 6.92 Å². The van der Waals surface area contributed by atoms with Crippen molar-refractivity contribution in [3.05, 3.63) is 35.9 Å². The summed E-state index contributed by atoms with van der Waals surface area (Å²) in [5.41, 5.74) is 1.15. The molecule has 2 aromatic rings. The molecule has 0 aromatic carbocycles. The predicted octanol–water partition coefficient (Wildman–Crippen LogP) is 4.14. The van der Waals surface area contributed by atoms with Crippen LogP contribution < -0.4 is 0 Å². The fourth-order valence-corrected chi connectivity index (χ4v) is 1.04. The molecule has 20 heavy (non-hydrogen) atoms. The lowest BCUT2D eigenvalue weighted by Gasteiger charge is -1.96. The summed E-state index contributed by atoms with van der Waals surface area (Å²) in [5, 5.41) is 7.51. The lowest BCUT2D eigenvalue weighted by atomic mass is 10.4. The van der Waals surface area contributed by atoms with E-state index in [1.165, 1.54) is 25.0 Å². The van der Waals surface area contributed by atoms with E-state index in [-0.39, 0.29) is 5.69 Å². The summed E-state index contributed by atoms with van der Waals surface area (Å²) in [6, 6.07) is 3.27. The first-order valence-electron chi connectivity index (χ1n) is 6.73. The van der Waals surface area contributed by atoms with Crippen molar-refractivity contribution in [2.75, 3.05) is 0 Å². The average molecular weight is 288 g/mol. The number of aryl methyl sites for hydroxylation is 3. The molecular weight excluding hydrogens is 262 g/mol. The van der Waals surface area contributed by atoms with E-state index in [2.05, 4.69) is 10.2 Å². The van der Waals surface area contributed by atoms with Gasteiger partial charge in [-0.05, 0) is 19.1 Å². The van der Waals surface area contributed by atoms with E-state index in [1.54, 1.807) is 6.20 Å². The van der Waals surface area contributed by atoms with E-state index in [1.807, 2.05) is 52.4 Å². The summed E-state index contributed by atoms with van der Waals surface area (Å²) in [5.74, 6) is 0. The van der Waals surface area contributed by atoms with Gasteiger partial charge in [-0.2, -0.15) is 10.2 Å². The van der Waals surface area contributed by atoms with Crippen molar-refractivity contribution in [1.29, 1.82) is 0 Å². The van der Waals surface area contributed by atoms with Gasteiger partial charge in [0.1, 0.15) is 5.69 Å². The Morgan fingerprint density at radius 3 is 1.50 bits per heavy atom. The number of aromatic nitrogens is 4.